The molecule has 1 saturated carbocycles. The van der Waals surface area contributed by atoms with Crippen LogP contribution in [0.5, 0.6) is 0 Å². The van der Waals surface area contributed by atoms with E-state index in [-0.39, 0.29) is 0 Å². The van der Waals surface area contributed by atoms with Crippen LogP contribution in [0.15, 0.2) is 30.3 Å². The number of benzene rings is 1. The van der Waals surface area contributed by atoms with E-state index in [1.165, 1.54) is 6.42 Å². The average molecular weight is 371 g/mol. The molecule has 1 heterocycles. The minimum atomic E-state index is 0.488. The molecule has 2 nitrogen and oxygen atoms in total. The van der Waals surface area contributed by atoms with Crippen LogP contribution in [0, 0.1) is 9.49 Å². The lowest BCUT2D eigenvalue weighted by molar-refractivity contribution is 0.842. The first-order chi connectivity index (χ1) is 8.66. The Labute approximate surface area is 125 Å². The standard InChI is InChI=1S/C14H12ClIN2/c1-8-7-10(8)14-17-12(11(16)13(15)18-14)9-5-3-2-4-6-9/h2-6,8,10H,7H2,1H3. The molecule has 0 saturated heterocycles. The maximum absolute atomic E-state index is 6.23. The molecule has 1 aromatic carbocycles. The van der Waals surface area contributed by atoms with E-state index in [1.54, 1.807) is 0 Å². The Bertz CT molecular complexity index is 586. The smallest absolute Gasteiger partial charge is 0.146 e. The molecular weight excluding hydrogens is 359 g/mol. The van der Waals surface area contributed by atoms with E-state index in [4.69, 9.17) is 16.6 Å². The Balaban J connectivity index is 2.11. The number of hydrogen-bond acceptors (Lipinski definition) is 2. The zero-order valence-electron chi connectivity index (χ0n) is 9.90. The monoisotopic (exact) mass is 370 g/mol. The molecule has 0 radical (unpaired) electrons. The molecule has 0 aliphatic heterocycles. The molecule has 2 atom stereocenters. The number of rotatable bonds is 2. The molecule has 0 amide bonds. The second-order valence-corrected chi connectivity index (χ2v) is 6.16. The van der Waals surface area contributed by atoms with Crippen LogP contribution in [0.25, 0.3) is 11.3 Å². The highest BCUT2D eigenvalue weighted by Crippen LogP contribution is 2.46. The number of nitrogens with zero attached hydrogens (tertiary/aromatic N) is 2. The van der Waals surface area contributed by atoms with E-state index in [0.29, 0.717) is 17.0 Å². The fourth-order valence-electron chi connectivity index (χ4n) is 2.07. The second-order valence-electron chi connectivity index (χ2n) is 4.72. The van der Waals surface area contributed by atoms with Crippen molar-refractivity contribution in [3.63, 3.8) is 0 Å². The maximum Gasteiger partial charge on any atom is 0.146 e. The molecular formula is C14H12ClIN2. The SMILES string of the molecule is CC1CC1c1nc(Cl)c(I)c(-c2ccccc2)n1. The van der Waals surface area contributed by atoms with Gasteiger partial charge in [-0.15, -0.1) is 0 Å². The van der Waals surface area contributed by atoms with Crippen molar-refractivity contribution in [2.75, 3.05) is 0 Å². The summed E-state index contributed by atoms with van der Waals surface area (Å²) in [7, 11) is 0. The summed E-state index contributed by atoms with van der Waals surface area (Å²) >= 11 is 8.45. The average Bonchev–Trinajstić information content (AvgIpc) is 3.11. The molecule has 4 heteroatoms. The summed E-state index contributed by atoms with van der Waals surface area (Å²) in [4.78, 5) is 9.13. The molecule has 1 aliphatic carbocycles. The van der Waals surface area contributed by atoms with Crippen molar-refractivity contribution in [2.24, 2.45) is 5.92 Å². The van der Waals surface area contributed by atoms with Gasteiger partial charge in [0, 0.05) is 11.5 Å². The fraction of sp³-hybridized carbons (Fsp3) is 0.286. The van der Waals surface area contributed by atoms with E-state index in [0.717, 1.165) is 20.7 Å². The van der Waals surface area contributed by atoms with Crippen molar-refractivity contribution in [1.29, 1.82) is 0 Å². The first-order valence-electron chi connectivity index (χ1n) is 5.95. The van der Waals surface area contributed by atoms with Crippen molar-refractivity contribution in [3.8, 4) is 11.3 Å². The minimum Gasteiger partial charge on any atom is -0.231 e. The van der Waals surface area contributed by atoms with Crippen LogP contribution in [0.3, 0.4) is 0 Å². The van der Waals surface area contributed by atoms with E-state index in [9.17, 15) is 0 Å². The van der Waals surface area contributed by atoms with Gasteiger partial charge in [0.1, 0.15) is 11.0 Å². The molecule has 0 N–H and O–H groups in total. The predicted molar refractivity (Wildman–Crippen MR) is 81.7 cm³/mol. The summed E-state index contributed by atoms with van der Waals surface area (Å²) in [6.45, 7) is 2.22. The quantitative estimate of drug-likeness (QED) is 0.573. The summed E-state index contributed by atoms with van der Waals surface area (Å²) in [5.74, 6) is 2.07. The number of halogens is 2. The summed E-state index contributed by atoms with van der Waals surface area (Å²) < 4.78 is 0.928. The van der Waals surface area contributed by atoms with Crippen molar-refractivity contribution in [3.05, 3.63) is 44.9 Å². The Morgan fingerprint density at radius 1 is 1.22 bits per heavy atom. The molecule has 0 bridgehead atoms. The lowest BCUT2D eigenvalue weighted by Gasteiger charge is -2.08. The van der Waals surface area contributed by atoms with Gasteiger partial charge in [-0.3, -0.25) is 0 Å². The summed E-state index contributed by atoms with van der Waals surface area (Å²) in [5, 5.41) is 0.568. The molecule has 1 aromatic heterocycles. The highest BCUT2D eigenvalue weighted by atomic mass is 127. The zero-order valence-corrected chi connectivity index (χ0v) is 12.8. The van der Waals surface area contributed by atoms with E-state index >= 15 is 0 Å². The van der Waals surface area contributed by atoms with Crippen molar-refractivity contribution in [1.82, 2.24) is 9.97 Å². The molecule has 0 spiro atoms. The third-order valence-electron chi connectivity index (χ3n) is 3.32. The first-order valence-corrected chi connectivity index (χ1v) is 7.41. The van der Waals surface area contributed by atoms with Gasteiger partial charge in [0.15, 0.2) is 0 Å². The van der Waals surface area contributed by atoms with Crippen LogP contribution in [-0.4, -0.2) is 9.97 Å². The second kappa shape index (κ2) is 4.78. The normalized spacial score (nSPS) is 21.9. The molecule has 2 aromatic rings. The molecule has 2 unspecified atom stereocenters. The molecule has 1 aliphatic rings. The van der Waals surface area contributed by atoms with Gasteiger partial charge in [0.05, 0.1) is 9.26 Å². The third kappa shape index (κ3) is 2.26. The lowest BCUT2D eigenvalue weighted by atomic mass is 10.1. The predicted octanol–water partition coefficient (Wildman–Crippen LogP) is 4.53. The molecule has 1 fully saturated rings. The van der Waals surface area contributed by atoms with Crippen LogP contribution in [0.4, 0.5) is 0 Å². The van der Waals surface area contributed by atoms with Gasteiger partial charge < -0.3 is 0 Å². The Morgan fingerprint density at radius 2 is 1.89 bits per heavy atom. The summed E-state index contributed by atoms with van der Waals surface area (Å²) in [6.07, 6.45) is 1.17. The van der Waals surface area contributed by atoms with Gasteiger partial charge in [0.25, 0.3) is 0 Å². The minimum absolute atomic E-state index is 0.488. The summed E-state index contributed by atoms with van der Waals surface area (Å²) in [6, 6.07) is 10.1. The van der Waals surface area contributed by atoms with E-state index < -0.39 is 0 Å². The van der Waals surface area contributed by atoms with Crippen LogP contribution in [0.1, 0.15) is 25.1 Å². The van der Waals surface area contributed by atoms with Crippen molar-refractivity contribution >= 4 is 34.2 Å². The largest absolute Gasteiger partial charge is 0.231 e. The van der Waals surface area contributed by atoms with Crippen molar-refractivity contribution < 1.29 is 0 Å². The highest BCUT2D eigenvalue weighted by Gasteiger charge is 2.37. The van der Waals surface area contributed by atoms with Crippen LogP contribution in [-0.2, 0) is 0 Å². The van der Waals surface area contributed by atoms with Crippen LogP contribution >= 0.6 is 34.2 Å². The van der Waals surface area contributed by atoms with Gasteiger partial charge in [-0.25, -0.2) is 9.97 Å². The Hall–Kier alpha value is -0.680. The van der Waals surface area contributed by atoms with E-state index in [1.807, 2.05) is 18.2 Å². The zero-order chi connectivity index (χ0) is 12.7. The molecule has 92 valence electrons. The molecule has 3 rings (SSSR count). The van der Waals surface area contributed by atoms with Crippen molar-refractivity contribution in [2.45, 2.75) is 19.3 Å². The van der Waals surface area contributed by atoms with Crippen LogP contribution < -0.4 is 0 Å². The van der Waals surface area contributed by atoms with Gasteiger partial charge >= 0.3 is 0 Å². The maximum atomic E-state index is 6.23. The van der Waals surface area contributed by atoms with Gasteiger partial charge in [0.2, 0.25) is 0 Å². The van der Waals surface area contributed by atoms with Gasteiger partial charge in [-0.05, 0) is 34.9 Å². The highest BCUT2D eigenvalue weighted by molar-refractivity contribution is 14.1. The number of hydrogen-bond donors (Lipinski definition) is 0. The van der Waals surface area contributed by atoms with Gasteiger partial charge in [-0.2, -0.15) is 0 Å². The Morgan fingerprint density at radius 3 is 2.50 bits per heavy atom. The summed E-state index contributed by atoms with van der Waals surface area (Å²) in [5.41, 5.74) is 2.05. The van der Waals surface area contributed by atoms with Gasteiger partial charge in [-0.1, -0.05) is 48.9 Å². The number of aromatic nitrogens is 2. The van der Waals surface area contributed by atoms with E-state index in [2.05, 4.69) is 46.6 Å². The third-order valence-corrected chi connectivity index (χ3v) is 4.93. The topological polar surface area (TPSA) is 25.8 Å². The lowest BCUT2D eigenvalue weighted by Crippen LogP contribution is -2.00. The molecule has 18 heavy (non-hydrogen) atoms. The fourth-order valence-corrected chi connectivity index (χ4v) is 2.80. The van der Waals surface area contributed by atoms with Crippen LogP contribution in [0.2, 0.25) is 5.15 Å². The first kappa shape index (κ1) is 12.4. The Kier molecular flexibility index (Phi) is 3.28.